The normalized spacial score (nSPS) is 10.7. The maximum Gasteiger partial charge on any atom is 0.307 e. The van der Waals surface area contributed by atoms with Gasteiger partial charge in [0.25, 0.3) is 5.89 Å². The zero-order valence-corrected chi connectivity index (χ0v) is 15.0. The molecule has 1 heterocycles. The Balaban J connectivity index is 1.44. The molecule has 5 nitrogen and oxygen atoms in total. The number of aryl methyl sites for hydroxylation is 1. The Morgan fingerprint density at radius 1 is 1.19 bits per heavy atom. The number of aromatic nitrogens is 2. The van der Waals surface area contributed by atoms with Gasteiger partial charge in [-0.3, -0.25) is 4.79 Å². The predicted octanol–water partition coefficient (Wildman–Crippen LogP) is 4.41. The van der Waals surface area contributed by atoms with Crippen molar-refractivity contribution in [2.45, 2.75) is 24.8 Å². The number of halogens is 1. The second-order valence-electron chi connectivity index (χ2n) is 5.58. The lowest BCUT2D eigenvalue weighted by Crippen LogP contribution is -2.05. The SMILES string of the molecule is Cc1cccc(-c2nnc(COC(=O)CCSc3ccc(F)cc3)o2)c1. The largest absolute Gasteiger partial charge is 0.456 e. The first-order chi connectivity index (χ1) is 12.6. The standard InChI is InChI=1S/C19H17FN2O3S/c1-13-3-2-4-14(11-13)19-22-21-17(25-19)12-24-18(23)9-10-26-16-7-5-15(20)6-8-16/h2-8,11H,9-10,12H2,1H3. The van der Waals surface area contributed by atoms with Crippen molar-refractivity contribution in [1.82, 2.24) is 10.2 Å². The highest BCUT2D eigenvalue weighted by atomic mass is 32.2. The molecule has 0 bridgehead atoms. The molecular weight excluding hydrogens is 355 g/mol. The number of benzene rings is 2. The minimum Gasteiger partial charge on any atom is -0.456 e. The van der Waals surface area contributed by atoms with Crippen LogP contribution >= 0.6 is 11.8 Å². The number of carbonyl (C=O) groups is 1. The molecule has 0 aliphatic heterocycles. The topological polar surface area (TPSA) is 65.2 Å². The highest BCUT2D eigenvalue weighted by molar-refractivity contribution is 7.99. The van der Waals surface area contributed by atoms with Gasteiger partial charge in [0.2, 0.25) is 5.89 Å². The van der Waals surface area contributed by atoms with E-state index in [0.717, 1.165) is 16.0 Å². The van der Waals surface area contributed by atoms with E-state index >= 15 is 0 Å². The molecule has 0 fully saturated rings. The average Bonchev–Trinajstić information content (AvgIpc) is 3.11. The van der Waals surface area contributed by atoms with E-state index in [1.54, 1.807) is 12.1 Å². The van der Waals surface area contributed by atoms with E-state index in [9.17, 15) is 9.18 Å². The van der Waals surface area contributed by atoms with Crippen LogP contribution in [0.4, 0.5) is 4.39 Å². The second-order valence-corrected chi connectivity index (χ2v) is 6.75. The molecule has 0 N–H and O–H groups in total. The lowest BCUT2D eigenvalue weighted by atomic mass is 10.1. The van der Waals surface area contributed by atoms with Crippen molar-refractivity contribution in [2.24, 2.45) is 0 Å². The smallest absolute Gasteiger partial charge is 0.307 e. The minimum absolute atomic E-state index is 0.0567. The first-order valence-corrected chi connectivity index (χ1v) is 9.02. The van der Waals surface area contributed by atoms with Crippen LogP contribution in [0.15, 0.2) is 57.8 Å². The van der Waals surface area contributed by atoms with Crippen LogP contribution in [0.1, 0.15) is 17.9 Å². The van der Waals surface area contributed by atoms with Crippen LogP contribution in [0.5, 0.6) is 0 Å². The van der Waals surface area contributed by atoms with Gasteiger partial charge < -0.3 is 9.15 Å². The van der Waals surface area contributed by atoms with Crippen LogP contribution in [0, 0.1) is 12.7 Å². The van der Waals surface area contributed by atoms with Crippen molar-refractivity contribution < 1.29 is 18.3 Å². The molecule has 0 saturated carbocycles. The number of esters is 1. The molecule has 0 aliphatic rings. The van der Waals surface area contributed by atoms with E-state index in [4.69, 9.17) is 9.15 Å². The van der Waals surface area contributed by atoms with Gasteiger partial charge in [0.1, 0.15) is 5.82 Å². The summed E-state index contributed by atoms with van der Waals surface area (Å²) in [4.78, 5) is 12.7. The molecule has 134 valence electrons. The molecule has 26 heavy (non-hydrogen) atoms. The van der Waals surface area contributed by atoms with Crippen LogP contribution in [-0.2, 0) is 16.1 Å². The number of thioether (sulfide) groups is 1. The molecule has 0 amide bonds. The summed E-state index contributed by atoms with van der Waals surface area (Å²) in [6, 6.07) is 13.8. The number of hydrogen-bond acceptors (Lipinski definition) is 6. The van der Waals surface area contributed by atoms with Gasteiger partial charge >= 0.3 is 5.97 Å². The molecule has 0 atom stereocenters. The third-order valence-electron chi connectivity index (χ3n) is 3.48. The van der Waals surface area contributed by atoms with Crippen LogP contribution < -0.4 is 0 Å². The van der Waals surface area contributed by atoms with Gasteiger partial charge in [0, 0.05) is 16.2 Å². The number of carbonyl (C=O) groups excluding carboxylic acids is 1. The predicted molar refractivity (Wildman–Crippen MR) is 96.0 cm³/mol. The van der Waals surface area contributed by atoms with Crippen molar-refractivity contribution in [1.29, 1.82) is 0 Å². The molecule has 0 unspecified atom stereocenters. The van der Waals surface area contributed by atoms with Gasteiger partial charge in [-0.1, -0.05) is 17.7 Å². The lowest BCUT2D eigenvalue weighted by Gasteiger charge is -2.03. The van der Waals surface area contributed by atoms with E-state index in [-0.39, 0.29) is 30.7 Å². The van der Waals surface area contributed by atoms with Crippen molar-refractivity contribution in [3.63, 3.8) is 0 Å². The average molecular weight is 372 g/mol. The zero-order chi connectivity index (χ0) is 18.4. The Kier molecular flexibility index (Phi) is 6.01. The Hall–Kier alpha value is -2.67. The van der Waals surface area contributed by atoms with Crippen molar-refractivity contribution in [3.8, 4) is 11.5 Å². The van der Waals surface area contributed by atoms with E-state index in [1.807, 2.05) is 31.2 Å². The van der Waals surface area contributed by atoms with E-state index in [2.05, 4.69) is 10.2 Å². The highest BCUT2D eigenvalue weighted by Crippen LogP contribution is 2.20. The maximum atomic E-state index is 12.8. The van der Waals surface area contributed by atoms with Gasteiger partial charge in [-0.25, -0.2) is 4.39 Å². The van der Waals surface area contributed by atoms with Crippen molar-refractivity contribution >= 4 is 17.7 Å². The van der Waals surface area contributed by atoms with Crippen LogP contribution in [0.2, 0.25) is 0 Å². The van der Waals surface area contributed by atoms with Crippen LogP contribution in [0.25, 0.3) is 11.5 Å². The van der Waals surface area contributed by atoms with Gasteiger partial charge in [-0.2, -0.15) is 0 Å². The summed E-state index contributed by atoms with van der Waals surface area (Å²) >= 11 is 1.46. The molecule has 1 aromatic heterocycles. The highest BCUT2D eigenvalue weighted by Gasteiger charge is 2.11. The maximum absolute atomic E-state index is 12.8. The Morgan fingerprint density at radius 3 is 2.77 bits per heavy atom. The van der Waals surface area contributed by atoms with E-state index < -0.39 is 0 Å². The second kappa shape index (κ2) is 8.62. The summed E-state index contributed by atoms with van der Waals surface area (Å²) < 4.78 is 23.5. The molecule has 3 rings (SSSR count). The summed E-state index contributed by atoms with van der Waals surface area (Å²) in [5.74, 6) is 0.559. The fourth-order valence-corrected chi connectivity index (χ4v) is 3.04. The summed E-state index contributed by atoms with van der Waals surface area (Å²) in [5, 5.41) is 7.87. The van der Waals surface area contributed by atoms with E-state index in [0.29, 0.717) is 11.6 Å². The quantitative estimate of drug-likeness (QED) is 0.452. The first-order valence-electron chi connectivity index (χ1n) is 8.03. The Bertz CT molecular complexity index is 881. The third-order valence-corrected chi connectivity index (χ3v) is 4.49. The number of rotatable bonds is 7. The molecule has 0 radical (unpaired) electrons. The minimum atomic E-state index is -0.352. The van der Waals surface area contributed by atoms with Gasteiger partial charge in [0.05, 0.1) is 6.42 Å². The molecule has 7 heteroatoms. The van der Waals surface area contributed by atoms with Crippen molar-refractivity contribution in [3.05, 3.63) is 65.8 Å². The monoisotopic (exact) mass is 372 g/mol. The Morgan fingerprint density at radius 2 is 2.00 bits per heavy atom. The van der Waals surface area contributed by atoms with Gasteiger partial charge in [-0.05, 0) is 43.3 Å². The fourth-order valence-electron chi connectivity index (χ4n) is 2.20. The molecule has 2 aromatic carbocycles. The first kappa shape index (κ1) is 18.1. The summed E-state index contributed by atoms with van der Waals surface area (Å²) in [6.45, 7) is 1.92. The fraction of sp³-hybridized carbons (Fsp3) is 0.211. The summed E-state index contributed by atoms with van der Waals surface area (Å²) in [6.07, 6.45) is 0.237. The molecule has 3 aromatic rings. The van der Waals surface area contributed by atoms with Gasteiger partial charge in [0.15, 0.2) is 6.61 Å². The Labute approximate surface area is 154 Å². The molecular formula is C19H17FN2O3S. The molecule has 0 aliphatic carbocycles. The third kappa shape index (κ3) is 5.16. The van der Waals surface area contributed by atoms with Crippen LogP contribution in [-0.4, -0.2) is 21.9 Å². The summed E-state index contributed by atoms with van der Waals surface area (Å²) in [5.41, 5.74) is 1.91. The molecule has 0 spiro atoms. The number of ether oxygens (including phenoxy) is 1. The number of hydrogen-bond donors (Lipinski definition) is 0. The molecule has 0 saturated heterocycles. The zero-order valence-electron chi connectivity index (χ0n) is 14.1. The van der Waals surface area contributed by atoms with Crippen LogP contribution in [0.3, 0.4) is 0 Å². The van der Waals surface area contributed by atoms with E-state index in [1.165, 1.54) is 23.9 Å². The van der Waals surface area contributed by atoms with Gasteiger partial charge in [-0.15, -0.1) is 22.0 Å². The number of nitrogens with zero attached hydrogens (tertiary/aromatic N) is 2. The van der Waals surface area contributed by atoms with Crippen molar-refractivity contribution in [2.75, 3.05) is 5.75 Å². The lowest BCUT2D eigenvalue weighted by molar-refractivity contribution is -0.145. The summed E-state index contributed by atoms with van der Waals surface area (Å²) in [7, 11) is 0.